The Bertz CT molecular complexity index is 75.3. The molecule has 0 aromatic rings. The standard InChI is InChI=1S/C8H16BrN/c9-5-7-1-3-8(6-10)4-2-7/h7-8H,1-6,10H2. The topological polar surface area (TPSA) is 26.0 Å². The van der Waals surface area contributed by atoms with Gasteiger partial charge in [-0.25, -0.2) is 0 Å². The van der Waals surface area contributed by atoms with E-state index in [0.717, 1.165) is 18.4 Å². The van der Waals surface area contributed by atoms with Crippen LogP contribution in [0.25, 0.3) is 0 Å². The van der Waals surface area contributed by atoms with E-state index < -0.39 is 0 Å². The average Bonchev–Trinajstić information content (AvgIpc) is 2.05. The molecule has 1 saturated carbocycles. The molecule has 2 N–H and O–H groups in total. The first kappa shape index (κ1) is 8.54. The Labute approximate surface area is 71.5 Å². The lowest BCUT2D eigenvalue weighted by Gasteiger charge is -2.25. The molecule has 0 bridgehead atoms. The van der Waals surface area contributed by atoms with E-state index in [0.29, 0.717) is 0 Å². The van der Waals surface area contributed by atoms with Crippen molar-refractivity contribution in [3.05, 3.63) is 0 Å². The molecule has 0 spiro atoms. The Hall–Kier alpha value is 0.440. The highest BCUT2D eigenvalue weighted by Crippen LogP contribution is 2.28. The number of nitrogens with two attached hydrogens (primary N) is 1. The molecule has 0 saturated heterocycles. The number of rotatable bonds is 2. The van der Waals surface area contributed by atoms with Gasteiger partial charge < -0.3 is 5.73 Å². The van der Waals surface area contributed by atoms with Gasteiger partial charge in [0.25, 0.3) is 0 Å². The van der Waals surface area contributed by atoms with Crippen molar-refractivity contribution in [3.8, 4) is 0 Å². The van der Waals surface area contributed by atoms with Crippen molar-refractivity contribution >= 4 is 15.9 Å². The summed E-state index contributed by atoms with van der Waals surface area (Å²) in [4.78, 5) is 0. The maximum atomic E-state index is 5.58. The smallest absolute Gasteiger partial charge is 0.00596 e. The van der Waals surface area contributed by atoms with Crippen molar-refractivity contribution in [3.63, 3.8) is 0 Å². The number of hydrogen-bond acceptors (Lipinski definition) is 1. The van der Waals surface area contributed by atoms with Crippen molar-refractivity contribution < 1.29 is 0 Å². The normalized spacial score (nSPS) is 34.2. The molecule has 0 atom stereocenters. The van der Waals surface area contributed by atoms with Crippen LogP contribution in [0.3, 0.4) is 0 Å². The van der Waals surface area contributed by atoms with Crippen LogP contribution in [-0.2, 0) is 0 Å². The summed E-state index contributed by atoms with van der Waals surface area (Å²) in [6, 6.07) is 0. The Morgan fingerprint density at radius 3 is 2.00 bits per heavy atom. The molecular weight excluding hydrogens is 190 g/mol. The summed E-state index contributed by atoms with van der Waals surface area (Å²) in [5.74, 6) is 1.76. The molecule has 0 radical (unpaired) electrons. The van der Waals surface area contributed by atoms with Gasteiger partial charge in [-0.2, -0.15) is 0 Å². The summed E-state index contributed by atoms with van der Waals surface area (Å²) in [5, 5.41) is 1.18. The van der Waals surface area contributed by atoms with Gasteiger partial charge in [-0.15, -0.1) is 0 Å². The molecular formula is C8H16BrN. The lowest BCUT2D eigenvalue weighted by atomic mass is 9.83. The van der Waals surface area contributed by atoms with Gasteiger partial charge in [0.05, 0.1) is 0 Å². The number of halogens is 1. The number of alkyl halides is 1. The average molecular weight is 206 g/mol. The molecule has 1 aliphatic rings. The lowest BCUT2D eigenvalue weighted by molar-refractivity contribution is 0.300. The quantitative estimate of drug-likeness (QED) is 0.688. The van der Waals surface area contributed by atoms with Gasteiger partial charge in [0.1, 0.15) is 0 Å². The van der Waals surface area contributed by atoms with Crippen LogP contribution in [0.2, 0.25) is 0 Å². The minimum atomic E-state index is 0.829. The van der Waals surface area contributed by atoms with E-state index in [4.69, 9.17) is 5.73 Å². The van der Waals surface area contributed by atoms with Crippen LogP contribution in [0, 0.1) is 11.8 Å². The predicted octanol–water partition coefficient (Wildman–Crippen LogP) is 2.15. The molecule has 1 nitrogen and oxygen atoms in total. The first-order chi connectivity index (χ1) is 4.86. The fourth-order valence-corrected chi connectivity index (χ4v) is 2.27. The van der Waals surface area contributed by atoms with Gasteiger partial charge >= 0.3 is 0 Å². The Balaban J connectivity index is 2.17. The van der Waals surface area contributed by atoms with Gasteiger partial charge in [0.2, 0.25) is 0 Å². The van der Waals surface area contributed by atoms with E-state index in [2.05, 4.69) is 15.9 Å². The first-order valence-corrected chi connectivity index (χ1v) is 5.25. The Morgan fingerprint density at radius 2 is 1.60 bits per heavy atom. The predicted molar refractivity (Wildman–Crippen MR) is 48.3 cm³/mol. The second kappa shape index (κ2) is 4.35. The minimum absolute atomic E-state index is 0.829. The van der Waals surface area contributed by atoms with Crippen molar-refractivity contribution in [2.24, 2.45) is 17.6 Å². The van der Waals surface area contributed by atoms with Gasteiger partial charge in [0, 0.05) is 5.33 Å². The third-order valence-corrected chi connectivity index (χ3v) is 3.43. The fraction of sp³-hybridized carbons (Fsp3) is 1.00. The van der Waals surface area contributed by atoms with Crippen molar-refractivity contribution in [1.29, 1.82) is 0 Å². The van der Waals surface area contributed by atoms with E-state index in [9.17, 15) is 0 Å². The minimum Gasteiger partial charge on any atom is -0.330 e. The monoisotopic (exact) mass is 205 g/mol. The van der Waals surface area contributed by atoms with E-state index >= 15 is 0 Å². The van der Waals surface area contributed by atoms with Crippen molar-refractivity contribution in [2.75, 3.05) is 11.9 Å². The first-order valence-electron chi connectivity index (χ1n) is 4.12. The molecule has 1 aliphatic carbocycles. The Morgan fingerprint density at radius 1 is 1.10 bits per heavy atom. The third kappa shape index (κ3) is 2.24. The van der Waals surface area contributed by atoms with Gasteiger partial charge in [-0.05, 0) is 44.1 Å². The summed E-state index contributed by atoms with van der Waals surface area (Å²) in [7, 11) is 0. The second-order valence-corrected chi connectivity index (χ2v) is 3.92. The highest BCUT2D eigenvalue weighted by atomic mass is 79.9. The summed E-state index contributed by atoms with van der Waals surface area (Å²) in [6.07, 6.45) is 5.47. The molecule has 60 valence electrons. The van der Waals surface area contributed by atoms with Gasteiger partial charge in [0.15, 0.2) is 0 Å². The third-order valence-electron chi connectivity index (χ3n) is 2.52. The van der Waals surface area contributed by atoms with Crippen LogP contribution in [-0.4, -0.2) is 11.9 Å². The van der Waals surface area contributed by atoms with E-state index in [1.165, 1.54) is 31.0 Å². The molecule has 2 heteroatoms. The molecule has 0 aliphatic heterocycles. The molecule has 0 amide bonds. The molecule has 0 heterocycles. The van der Waals surface area contributed by atoms with Crippen LogP contribution >= 0.6 is 15.9 Å². The highest BCUT2D eigenvalue weighted by Gasteiger charge is 2.18. The maximum Gasteiger partial charge on any atom is 0.00596 e. The van der Waals surface area contributed by atoms with Crippen LogP contribution in [0.4, 0.5) is 0 Å². The second-order valence-electron chi connectivity index (χ2n) is 3.28. The fourth-order valence-electron chi connectivity index (χ4n) is 1.62. The van der Waals surface area contributed by atoms with Crippen LogP contribution in [0.1, 0.15) is 25.7 Å². The zero-order valence-electron chi connectivity index (χ0n) is 6.35. The van der Waals surface area contributed by atoms with Crippen LogP contribution in [0.5, 0.6) is 0 Å². The summed E-state index contributed by atoms with van der Waals surface area (Å²) >= 11 is 3.52. The maximum absolute atomic E-state index is 5.58. The number of hydrogen-bond donors (Lipinski definition) is 1. The lowest BCUT2D eigenvalue weighted by Crippen LogP contribution is -2.21. The molecule has 0 unspecified atom stereocenters. The summed E-state index contributed by atoms with van der Waals surface area (Å²) < 4.78 is 0. The van der Waals surface area contributed by atoms with Crippen molar-refractivity contribution in [1.82, 2.24) is 0 Å². The largest absolute Gasteiger partial charge is 0.330 e. The summed E-state index contributed by atoms with van der Waals surface area (Å²) in [6.45, 7) is 0.898. The van der Waals surface area contributed by atoms with E-state index in [1.54, 1.807) is 0 Å². The van der Waals surface area contributed by atoms with Crippen molar-refractivity contribution in [2.45, 2.75) is 25.7 Å². The zero-order chi connectivity index (χ0) is 7.40. The Kier molecular flexibility index (Phi) is 3.71. The van der Waals surface area contributed by atoms with Gasteiger partial charge in [-0.1, -0.05) is 15.9 Å². The summed E-state index contributed by atoms with van der Waals surface area (Å²) in [5.41, 5.74) is 5.58. The molecule has 10 heavy (non-hydrogen) atoms. The SMILES string of the molecule is NCC1CCC(CBr)CC1. The molecule has 0 aromatic carbocycles. The van der Waals surface area contributed by atoms with Gasteiger partial charge in [-0.3, -0.25) is 0 Å². The van der Waals surface area contributed by atoms with E-state index in [1.807, 2.05) is 0 Å². The highest BCUT2D eigenvalue weighted by molar-refractivity contribution is 9.09. The van der Waals surface area contributed by atoms with Crippen LogP contribution < -0.4 is 5.73 Å². The van der Waals surface area contributed by atoms with E-state index in [-0.39, 0.29) is 0 Å². The molecule has 1 rings (SSSR count). The molecule has 0 aromatic heterocycles. The van der Waals surface area contributed by atoms with Crippen LogP contribution in [0.15, 0.2) is 0 Å². The zero-order valence-corrected chi connectivity index (χ0v) is 7.94. The molecule has 1 fully saturated rings.